The molecule has 0 radical (unpaired) electrons. The number of piperidine rings is 2. The fourth-order valence-corrected chi connectivity index (χ4v) is 4.90. The fraction of sp³-hybridized carbons (Fsp3) is 0.625. The molecular weight excluding hydrogens is 412 g/mol. The molecule has 2 saturated heterocycles. The third-order valence-electron chi connectivity index (χ3n) is 6.44. The fourth-order valence-electron chi connectivity index (χ4n) is 4.71. The van der Waals surface area contributed by atoms with Crippen molar-refractivity contribution in [2.45, 2.75) is 70.9 Å². The third kappa shape index (κ3) is 5.47. The van der Waals surface area contributed by atoms with E-state index in [-0.39, 0.29) is 17.9 Å². The van der Waals surface area contributed by atoms with Gasteiger partial charge < -0.3 is 9.32 Å². The van der Waals surface area contributed by atoms with Crippen LogP contribution in [0.15, 0.2) is 28.7 Å². The van der Waals surface area contributed by atoms with Crippen molar-refractivity contribution in [3.63, 3.8) is 0 Å². The number of rotatable bonds is 6. The van der Waals surface area contributed by atoms with E-state index in [2.05, 4.69) is 35.0 Å². The van der Waals surface area contributed by atoms with Crippen molar-refractivity contribution in [1.82, 2.24) is 20.0 Å². The van der Waals surface area contributed by atoms with Gasteiger partial charge in [-0.3, -0.25) is 9.69 Å². The number of halogens is 1. The summed E-state index contributed by atoms with van der Waals surface area (Å²) in [5.74, 6) is 2.18. The summed E-state index contributed by atoms with van der Waals surface area (Å²) in [5.41, 5.74) is 1.17. The van der Waals surface area contributed by atoms with Gasteiger partial charge in [-0.2, -0.15) is 0 Å². The lowest BCUT2D eigenvalue weighted by molar-refractivity contribution is -0.136. The quantitative estimate of drug-likeness (QED) is 0.612. The second kappa shape index (κ2) is 10.1. The third-order valence-corrected chi connectivity index (χ3v) is 6.80. The number of carbonyl (C=O) groups is 1. The SMILES string of the molecule is CC(C)CC(=O)N1CCCC[C@@H]1c1nnc(C2CCN(Cc3ccccc3Cl)CC2)o1. The van der Waals surface area contributed by atoms with Crippen molar-refractivity contribution in [3.05, 3.63) is 46.6 Å². The molecular formula is C24H33ClN4O2. The number of nitrogens with zero attached hydrogens (tertiary/aromatic N) is 4. The van der Waals surface area contributed by atoms with Crippen LogP contribution < -0.4 is 0 Å². The van der Waals surface area contributed by atoms with Gasteiger partial charge in [-0.05, 0) is 62.7 Å². The van der Waals surface area contributed by atoms with Crippen molar-refractivity contribution in [2.75, 3.05) is 19.6 Å². The standard InChI is InChI=1S/C24H33ClN4O2/c1-17(2)15-22(30)29-12-6-5-9-21(29)24-27-26-23(31-24)18-10-13-28(14-11-18)16-19-7-3-4-8-20(19)25/h3-4,7-8,17-18,21H,5-6,9-16H2,1-2H3/t21-/m1/s1. The lowest BCUT2D eigenvalue weighted by Crippen LogP contribution is -2.39. The van der Waals surface area contributed by atoms with Crippen LogP contribution >= 0.6 is 11.6 Å². The van der Waals surface area contributed by atoms with Crippen LogP contribution in [0.1, 0.15) is 81.7 Å². The van der Waals surface area contributed by atoms with Crippen LogP contribution in [0.25, 0.3) is 0 Å². The molecule has 0 unspecified atom stereocenters. The van der Waals surface area contributed by atoms with Gasteiger partial charge in [-0.25, -0.2) is 0 Å². The minimum atomic E-state index is -0.0680. The molecule has 0 saturated carbocycles. The van der Waals surface area contributed by atoms with E-state index in [1.165, 1.54) is 5.56 Å². The molecule has 6 nitrogen and oxygen atoms in total. The first kappa shape index (κ1) is 22.3. The Balaban J connectivity index is 1.36. The van der Waals surface area contributed by atoms with Crippen LogP contribution in [0.2, 0.25) is 5.02 Å². The predicted molar refractivity (Wildman–Crippen MR) is 121 cm³/mol. The highest BCUT2D eigenvalue weighted by molar-refractivity contribution is 6.31. The van der Waals surface area contributed by atoms with Crippen molar-refractivity contribution < 1.29 is 9.21 Å². The van der Waals surface area contributed by atoms with E-state index >= 15 is 0 Å². The van der Waals surface area contributed by atoms with Gasteiger partial charge in [0.2, 0.25) is 17.7 Å². The molecule has 31 heavy (non-hydrogen) atoms. The van der Waals surface area contributed by atoms with E-state index in [1.807, 2.05) is 23.1 Å². The number of benzene rings is 1. The van der Waals surface area contributed by atoms with Crippen molar-refractivity contribution in [1.29, 1.82) is 0 Å². The first-order valence-corrected chi connectivity index (χ1v) is 12.0. The smallest absolute Gasteiger partial charge is 0.238 e. The number of likely N-dealkylation sites (tertiary alicyclic amines) is 2. The molecule has 2 aromatic rings. The average molecular weight is 445 g/mol. The first-order valence-electron chi connectivity index (χ1n) is 11.6. The molecule has 1 amide bonds. The number of aromatic nitrogens is 2. The number of carbonyl (C=O) groups excluding carboxylic acids is 1. The molecule has 0 bridgehead atoms. The summed E-state index contributed by atoms with van der Waals surface area (Å²) in [6.45, 7) is 7.79. The van der Waals surface area contributed by atoms with Crippen molar-refractivity contribution in [2.24, 2.45) is 5.92 Å². The average Bonchev–Trinajstić information content (AvgIpc) is 3.25. The highest BCUT2D eigenvalue weighted by Crippen LogP contribution is 2.34. The molecule has 2 aliphatic heterocycles. The summed E-state index contributed by atoms with van der Waals surface area (Å²) in [4.78, 5) is 17.1. The Morgan fingerprint density at radius 3 is 2.58 bits per heavy atom. The van der Waals surface area contributed by atoms with Gasteiger partial charge in [0.25, 0.3) is 0 Å². The molecule has 7 heteroatoms. The highest BCUT2D eigenvalue weighted by atomic mass is 35.5. The van der Waals surface area contributed by atoms with E-state index < -0.39 is 0 Å². The summed E-state index contributed by atoms with van der Waals surface area (Å²) in [7, 11) is 0. The van der Waals surface area contributed by atoms with Gasteiger partial charge >= 0.3 is 0 Å². The van der Waals surface area contributed by atoms with Gasteiger partial charge in [0.05, 0.1) is 0 Å². The van der Waals surface area contributed by atoms with Gasteiger partial charge in [-0.15, -0.1) is 10.2 Å². The second-order valence-electron chi connectivity index (χ2n) is 9.32. The summed E-state index contributed by atoms with van der Waals surface area (Å²) in [6, 6.07) is 7.98. The lowest BCUT2D eigenvalue weighted by atomic mass is 9.96. The molecule has 1 aromatic carbocycles. The minimum Gasteiger partial charge on any atom is -0.423 e. The van der Waals surface area contributed by atoms with Gasteiger partial charge in [0.15, 0.2) is 0 Å². The maximum Gasteiger partial charge on any atom is 0.238 e. The van der Waals surface area contributed by atoms with Gasteiger partial charge in [-0.1, -0.05) is 43.6 Å². The Labute approximate surface area is 190 Å². The molecule has 0 aliphatic carbocycles. The zero-order valence-corrected chi connectivity index (χ0v) is 19.4. The molecule has 2 aliphatic rings. The van der Waals surface area contributed by atoms with E-state index in [0.29, 0.717) is 18.2 Å². The van der Waals surface area contributed by atoms with Crippen LogP contribution in [-0.4, -0.2) is 45.5 Å². The Morgan fingerprint density at radius 1 is 1.10 bits per heavy atom. The van der Waals surface area contributed by atoms with Crippen LogP contribution in [0, 0.1) is 5.92 Å². The molecule has 1 atom stereocenters. The molecule has 0 N–H and O–H groups in total. The monoisotopic (exact) mass is 444 g/mol. The Bertz CT molecular complexity index is 876. The Kier molecular flexibility index (Phi) is 7.28. The highest BCUT2D eigenvalue weighted by Gasteiger charge is 2.33. The summed E-state index contributed by atoms with van der Waals surface area (Å²) >= 11 is 6.32. The largest absolute Gasteiger partial charge is 0.423 e. The maximum atomic E-state index is 12.7. The van der Waals surface area contributed by atoms with Crippen LogP contribution in [0.4, 0.5) is 0 Å². The summed E-state index contributed by atoms with van der Waals surface area (Å²) < 4.78 is 6.16. The normalized spacial score (nSPS) is 21.0. The zero-order valence-electron chi connectivity index (χ0n) is 18.6. The lowest BCUT2D eigenvalue weighted by Gasteiger charge is -2.34. The summed E-state index contributed by atoms with van der Waals surface area (Å²) in [6.07, 6.45) is 5.60. The molecule has 4 rings (SSSR count). The van der Waals surface area contributed by atoms with Crippen LogP contribution in [-0.2, 0) is 11.3 Å². The van der Waals surface area contributed by atoms with Gasteiger partial charge in [0, 0.05) is 30.5 Å². The van der Waals surface area contributed by atoms with Crippen molar-refractivity contribution >= 4 is 17.5 Å². The maximum absolute atomic E-state index is 12.7. The van der Waals surface area contributed by atoms with E-state index in [1.54, 1.807) is 0 Å². The summed E-state index contributed by atoms with van der Waals surface area (Å²) in [5, 5.41) is 9.61. The number of hydrogen-bond acceptors (Lipinski definition) is 5. The zero-order chi connectivity index (χ0) is 21.8. The molecule has 3 heterocycles. The van der Waals surface area contributed by atoms with E-state index in [0.717, 1.165) is 69.2 Å². The first-order chi connectivity index (χ1) is 15.0. The molecule has 168 valence electrons. The number of hydrogen-bond donors (Lipinski definition) is 0. The van der Waals surface area contributed by atoms with Crippen LogP contribution in [0.5, 0.6) is 0 Å². The predicted octanol–water partition coefficient (Wildman–Crippen LogP) is 5.20. The van der Waals surface area contributed by atoms with Crippen molar-refractivity contribution in [3.8, 4) is 0 Å². The molecule has 2 fully saturated rings. The second-order valence-corrected chi connectivity index (χ2v) is 9.72. The van der Waals surface area contributed by atoms with Gasteiger partial charge in [0.1, 0.15) is 6.04 Å². The van der Waals surface area contributed by atoms with E-state index in [4.69, 9.17) is 16.0 Å². The topological polar surface area (TPSA) is 62.5 Å². The number of amides is 1. The van der Waals surface area contributed by atoms with E-state index in [9.17, 15) is 4.79 Å². The molecule has 1 aromatic heterocycles. The Morgan fingerprint density at radius 2 is 1.84 bits per heavy atom. The van der Waals surface area contributed by atoms with Crippen LogP contribution in [0.3, 0.4) is 0 Å². The molecule has 0 spiro atoms. The minimum absolute atomic E-state index is 0.0680. The Hall–Kier alpha value is -1.92.